The average molecular weight is 249 g/mol. The number of hydrogen-bond donors (Lipinski definition) is 2. The summed E-state index contributed by atoms with van der Waals surface area (Å²) in [5, 5.41) is 4.04. The number of imide groups is 2. The van der Waals surface area contributed by atoms with Crippen LogP contribution < -0.4 is 10.6 Å². The second-order valence-corrected chi connectivity index (χ2v) is 3.78. The maximum Gasteiger partial charge on any atom is 0.328 e. The minimum atomic E-state index is -1.07. The second kappa shape index (κ2) is 4.82. The SMILES string of the molecule is CC(=NCc1ccco1)C1C(=O)NC(=O)NC1=O. The Bertz CT molecular complexity index is 498. The third-order valence-corrected chi connectivity index (χ3v) is 2.48. The van der Waals surface area contributed by atoms with Crippen LogP contribution in [0.1, 0.15) is 12.7 Å². The molecule has 0 spiro atoms. The van der Waals surface area contributed by atoms with Gasteiger partial charge in [0.15, 0.2) is 5.92 Å². The lowest BCUT2D eigenvalue weighted by Gasteiger charge is -2.20. The Labute approximate surface area is 102 Å². The van der Waals surface area contributed by atoms with Gasteiger partial charge in [-0.15, -0.1) is 0 Å². The smallest absolute Gasteiger partial charge is 0.328 e. The van der Waals surface area contributed by atoms with Crippen LogP contribution in [0.3, 0.4) is 0 Å². The highest BCUT2D eigenvalue weighted by atomic mass is 16.3. The van der Waals surface area contributed by atoms with Crippen LogP contribution in [0.25, 0.3) is 0 Å². The van der Waals surface area contributed by atoms with E-state index in [0.29, 0.717) is 11.5 Å². The average Bonchev–Trinajstić information content (AvgIpc) is 2.77. The molecular weight excluding hydrogens is 238 g/mol. The fraction of sp³-hybridized carbons (Fsp3) is 0.273. The maximum atomic E-state index is 11.5. The third-order valence-electron chi connectivity index (χ3n) is 2.48. The Morgan fingerprint density at radius 1 is 1.33 bits per heavy atom. The highest BCUT2D eigenvalue weighted by molar-refractivity contribution is 6.27. The molecule has 18 heavy (non-hydrogen) atoms. The Balaban J connectivity index is 2.10. The van der Waals surface area contributed by atoms with Crippen molar-refractivity contribution in [3.8, 4) is 0 Å². The van der Waals surface area contributed by atoms with Crippen molar-refractivity contribution in [2.45, 2.75) is 13.5 Å². The van der Waals surface area contributed by atoms with Crippen LogP contribution in [0.5, 0.6) is 0 Å². The monoisotopic (exact) mass is 249 g/mol. The Kier molecular flexibility index (Phi) is 3.22. The van der Waals surface area contributed by atoms with Crippen LogP contribution in [-0.2, 0) is 16.1 Å². The molecule has 0 saturated carbocycles. The van der Waals surface area contributed by atoms with Crippen molar-refractivity contribution in [3.63, 3.8) is 0 Å². The summed E-state index contributed by atoms with van der Waals surface area (Å²) < 4.78 is 5.08. The first kappa shape index (κ1) is 12.0. The van der Waals surface area contributed by atoms with Gasteiger partial charge in [0.1, 0.15) is 5.76 Å². The van der Waals surface area contributed by atoms with Crippen LogP contribution >= 0.6 is 0 Å². The standard InChI is InChI=1S/C11H11N3O4/c1-6(12-5-7-3-2-4-18-7)8-9(15)13-11(17)14-10(8)16/h2-4,8H,5H2,1H3,(H2,13,14,15,16,17). The second-order valence-electron chi connectivity index (χ2n) is 3.78. The predicted molar refractivity (Wildman–Crippen MR) is 60.7 cm³/mol. The van der Waals surface area contributed by atoms with E-state index < -0.39 is 23.8 Å². The minimum absolute atomic E-state index is 0.240. The van der Waals surface area contributed by atoms with Gasteiger partial charge in [-0.3, -0.25) is 25.2 Å². The van der Waals surface area contributed by atoms with E-state index in [0.717, 1.165) is 0 Å². The zero-order valence-electron chi connectivity index (χ0n) is 9.60. The molecule has 1 aliphatic heterocycles. The van der Waals surface area contributed by atoms with Gasteiger partial charge in [0, 0.05) is 5.71 Å². The van der Waals surface area contributed by atoms with Crippen LogP contribution in [0.4, 0.5) is 4.79 Å². The number of aliphatic imine (C=N–C) groups is 1. The molecule has 7 heteroatoms. The molecule has 94 valence electrons. The molecule has 0 unspecified atom stereocenters. The van der Waals surface area contributed by atoms with Crippen LogP contribution in [0, 0.1) is 5.92 Å². The number of carbonyl (C=O) groups excluding carboxylic acids is 3. The molecule has 1 saturated heterocycles. The summed E-state index contributed by atoms with van der Waals surface area (Å²) in [5.41, 5.74) is 0.328. The maximum absolute atomic E-state index is 11.5. The number of carbonyl (C=O) groups is 3. The Morgan fingerprint density at radius 2 is 2.00 bits per heavy atom. The Morgan fingerprint density at radius 3 is 2.56 bits per heavy atom. The van der Waals surface area contributed by atoms with Gasteiger partial charge in [-0.05, 0) is 19.1 Å². The highest BCUT2D eigenvalue weighted by Gasteiger charge is 2.36. The van der Waals surface area contributed by atoms with E-state index in [9.17, 15) is 14.4 Å². The number of barbiturate groups is 1. The molecule has 4 amide bonds. The molecular formula is C11H11N3O4. The van der Waals surface area contributed by atoms with Crippen LogP contribution in [0.15, 0.2) is 27.8 Å². The van der Waals surface area contributed by atoms with Gasteiger partial charge in [-0.2, -0.15) is 0 Å². The van der Waals surface area contributed by atoms with Gasteiger partial charge in [0.2, 0.25) is 11.8 Å². The van der Waals surface area contributed by atoms with E-state index >= 15 is 0 Å². The number of rotatable bonds is 3. The molecule has 2 rings (SSSR count). The molecule has 0 atom stereocenters. The Hall–Kier alpha value is -2.44. The van der Waals surface area contributed by atoms with Gasteiger partial charge in [-0.1, -0.05) is 0 Å². The zero-order valence-corrected chi connectivity index (χ0v) is 9.60. The molecule has 1 aliphatic rings. The fourth-order valence-electron chi connectivity index (χ4n) is 1.59. The lowest BCUT2D eigenvalue weighted by Crippen LogP contribution is -2.57. The number of nitrogens with zero attached hydrogens (tertiary/aromatic N) is 1. The normalized spacial score (nSPS) is 17.6. The van der Waals surface area contributed by atoms with Crippen molar-refractivity contribution < 1.29 is 18.8 Å². The molecule has 2 heterocycles. The lowest BCUT2D eigenvalue weighted by molar-refractivity contribution is -0.132. The first-order chi connectivity index (χ1) is 8.58. The predicted octanol–water partition coefficient (Wildman–Crippen LogP) is 0.223. The van der Waals surface area contributed by atoms with Crippen molar-refractivity contribution >= 4 is 23.6 Å². The van der Waals surface area contributed by atoms with Crippen molar-refractivity contribution in [2.24, 2.45) is 10.9 Å². The van der Waals surface area contributed by atoms with E-state index in [1.165, 1.54) is 6.26 Å². The van der Waals surface area contributed by atoms with E-state index in [1.54, 1.807) is 19.1 Å². The number of urea groups is 1. The zero-order chi connectivity index (χ0) is 13.1. The van der Waals surface area contributed by atoms with E-state index in [1.807, 2.05) is 10.6 Å². The third kappa shape index (κ3) is 2.45. The van der Waals surface area contributed by atoms with Crippen LogP contribution in [-0.4, -0.2) is 23.6 Å². The molecule has 1 aromatic heterocycles. The molecule has 1 fully saturated rings. The molecule has 0 aliphatic carbocycles. The molecule has 1 aromatic rings. The van der Waals surface area contributed by atoms with Crippen molar-refractivity contribution in [1.82, 2.24) is 10.6 Å². The molecule has 0 bridgehead atoms. The first-order valence-corrected chi connectivity index (χ1v) is 5.27. The highest BCUT2D eigenvalue weighted by Crippen LogP contribution is 2.08. The van der Waals surface area contributed by atoms with Crippen molar-refractivity contribution in [1.29, 1.82) is 0 Å². The van der Waals surface area contributed by atoms with Gasteiger partial charge in [0.05, 0.1) is 12.8 Å². The number of nitrogens with one attached hydrogen (secondary N) is 2. The summed E-state index contributed by atoms with van der Waals surface area (Å²) in [5.74, 6) is -1.77. The topological polar surface area (TPSA) is 101 Å². The molecule has 0 radical (unpaired) electrons. The van der Waals surface area contributed by atoms with E-state index in [4.69, 9.17) is 4.42 Å². The quantitative estimate of drug-likeness (QED) is 0.591. The van der Waals surface area contributed by atoms with Crippen molar-refractivity contribution in [3.05, 3.63) is 24.2 Å². The van der Waals surface area contributed by atoms with E-state index in [-0.39, 0.29) is 6.54 Å². The summed E-state index contributed by atoms with van der Waals surface area (Å²) in [7, 11) is 0. The summed E-state index contributed by atoms with van der Waals surface area (Å²) in [6.07, 6.45) is 1.51. The van der Waals surface area contributed by atoms with Gasteiger partial charge in [0.25, 0.3) is 0 Å². The minimum Gasteiger partial charge on any atom is -0.467 e. The summed E-state index contributed by atoms with van der Waals surface area (Å²) in [6, 6.07) is 2.65. The van der Waals surface area contributed by atoms with E-state index in [2.05, 4.69) is 4.99 Å². The van der Waals surface area contributed by atoms with Crippen molar-refractivity contribution in [2.75, 3.05) is 0 Å². The van der Waals surface area contributed by atoms with Gasteiger partial charge >= 0.3 is 6.03 Å². The first-order valence-electron chi connectivity index (χ1n) is 5.27. The largest absolute Gasteiger partial charge is 0.467 e. The summed E-state index contributed by atoms with van der Waals surface area (Å²) in [6.45, 7) is 1.80. The molecule has 7 nitrogen and oxygen atoms in total. The fourth-order valence-corrected chi connectivity index (χ4v) is 1.59. The summed E-state index contributed by atoms with van der Waals surface area (Å²) >= 11 is 0. The van der Waals surface area contributed by atoms with Crippen LogP contribution in [0.2, 0.25) is 0 Å². The molecule has 0 aromatic carbocycles. The molecule has 2 N–H and O–H groups in total. The summed E-state index contributed by atoms with van der Waals surface area (Å²) in [4.78, 5) is 38.0. The van der Waals surface area contributed by atoms with Gasteiger partial charge < -0.3 is 4.42 Å². The number of hydrogen-bond acceptors (Lipinski definition) is 5. The van der Waals surface area contributed by atoms with Gasteiger partial charge in [-0.25, -0.2) is 4.79 Å². The lowest BCUT2D eigenvalue weighted by atomic mass is 10.0. The number of amides is 4. The number of furan rings is 1.